The highest BCUT2D eigenvalue weighted by Crippen LogP contribution is 2.34. The Hall–Kier alpha value is -3.81. The van der Waals surface area contributed by atoms with Crippen LogP contribution >= 0.6 is 0 Å². The molecule has 148 valence electrons. The Labute approximate surface area is 167 Å². The first kappa shape index (κ1) is 18.5. The van der Waals surface area contributed by atoms with Gasteiger partial charge in [0.15, 0.2) is 11.5 Å². The molecule has 2 N–H and O–H groups in total. The molecule has 2 aromatic carbocycles. The molecule has 29 heavy (non-hydrogen) atoms. The number of benzene rings is 2. The molecule has 3 aromatic rings. The minimum absolute atomic E-state index is 0.192. The van der Waals surface area contributed by atoms with Crippen molar-refractivity contribution < 1.29 is 19.0 Å². The highest BCUT2D eigenvalue weighted by atomic mass is 16.7. The van der Waals surface area contributed by atoms with E-state index in [1.54, 1.807) is 24.3 Å². The van der Waals surface area contributed by atoms with Gasteiger partial charge in [0.2, 0.25) is 12.7 Å². The molecule has 1 aliphatic heterocycles. The molecule has 0 saturated carbocycles. The second-order valence-electron chi connectivity index (χ2n) is 6.42. The number of rotatable bonds is 6. The van der Waals surface area contributed by atoms with E-state index in [9.17, 15) is 4.79 Å². The van der Waals surface area contributed by atoms with Gasteiger partial charge in [0.25, 0.3) is 0 Å². The first-order chi connectivity index (χ1) is 14.2. The summed E-state index contributed by atoms with van der Waals surface area (Å²) in [6.07, 6.45) is 0. The van der Waals surface area contributed by atoms with Crippen LogP contribution < -0.4 is 24.8 Å². The third kappa shape index (κ3) is 4.73. The molecule has 0 aliphatic carbocycles. The summed E-state index contributed by atoms with van der Waals surface area (Å²) in [4.78, 5) is 12.0. The quantitative estimate of drug-likeness (QED) is 0.625. The fraction of sp³-hybridized carbons (Fsp3) is 0.190. The maximum atomic E-state index is 12.0. The van der Waals surface area contributed by atoms with Crippen LogP contribution in [0.5, 0.6) is 17.4 Å². The maximum absolute atomic E-state index is 12.0. The number of aryl methyl sites for hydroxylation is 1. The molecule has 0 fully saturated rings. The van der Waals surface area contributed by atoms with Crippen LogP contribution in [0.3, 0.4) is 0 Å². The lowest BCUT2D eigenvalue weighted by Gasteiger charge is -2.09. The molecule has 0 unspecified atom stereocenters. The van der Waals surface area contributed by atoms with Crippen molar-refractivity contribution in [2.75, 3.05) is 25.3 Å². The van der Waals surface area contributed by atoms with E-state index in [2.05, 4.69) is 20.8 Å². The number of carbonyl (C=O) groups is 1. The fourth-order valence-electron chi connectivity index (χ4n) is 2.75. The van der Waals surface area contributed by atoms with Crippen LogP contribution in [0.2, 0.25) is 0 Å². The summed E-state index contributed by atoms with van der Waals surface area (Å²) in [5.74, 6) is 1.68. The third-order valence-corrected chi connectivity index (χ3v) is 4.26. The lowest BCUT2D eigenvalue weighted by atomic mass is 10.1. The summed E-state index contributed by atoms with van der Waals surface area (Å²) in [5.41, 5.74) is 3.58. The van der Waals surface area contributed by atoms with Gasteiger partial charge in [0.05, 0.1) is 12.2 Å². The molecule has 4 rings (SSSR count). The SMILES string of the molecule is Cc1ccc(-c2ccc(OCCNC(=O)Nc3ccc4c(c3)OCO4)nn2)cc1. The number of urea groups is 1. The lowest BCUT2D eigenvalue weighted by molar-refractivity contribution is 0.174. The summed E-state index contributed by atoms with van der Waals surface area (Å²) in [7, 11) is 0. The van der Waals surface area contributed by atoms with Crippen molar-refractivity contribution in [2.24, 2.45) is 0 Å². The van der Waals surface area contributed by atoms with Crippen molar-refractivity contribution in [3.8, 4) is 28.6 Å². The number of aromatic nitrogens is 2. The van der Waals surface area contributed by atoms with Crippen LogP contribution in [0, 0.1) is 6.92 Å². The average molecular weight is 392 g/mol. The number of amides is 2. The average Bonchev–Trinajstić information content (AvgIpc) is 3.20. The first-order valence-corrected chi connectivity index (χ1v) is 9.15. The Morgan fingerprint density at radius 1 is 1.03 bits per heavy atom. The second-order valence-corrected chi connectivity index (χ2v) is 6.42. The fourth-order valence-corrected chi connectivity index (χ4v) is 2.75. The summed E-state index contributed by atoms with van der Waals surface area (Å²) >= 11 is 0. The van der Waals surface area contributed by atoms with E-state index in [1.165, 1.54) is 5.56 Å². The topological polar surface area (TPSA) is 94.6 Å². The number of hydrogen-bond acceptors (Lipinski definition) is 6. The molecular weight excluding hydrogens is 372 g/mol. The predicted molar refractivity (Wildman–Crippen MR) is 107 cm³/mol. The van der Waals surface area contributed by atoms with Gasteiger partial charge >= 0.3 is 6.03 Å². The molecule has 0 spiro atoms. The molecular formula is C21H20N4O4. The van der Waals surface area contributed by atoms with E-state index in [4.69, 9.17) is 14.2 Å². The van der Waals surface area contributed by atoms with Gasteiger partial charge in [-0.3, -0.25) is 0 Å². The molecule has 0 bridgehead atoms. The number of ether oxygens (including phenoxy) is 3. The highest BCUT2D eigenvalue weighted by Gasteiger charge is 2.14. The lowest BCUT2D eigenvalue weighted by Crippen LogP contribution is -2.32. The number of nitrogens with one attached hydrogen (secondary N) is 2. The zero-order valence-corrected chi connectivity index (χ0v) is 15.8. The predicted octanol–water partition coefficient (Wildman–Crippen LogP) is 3.38. The van der Waals surface area contributed by atoms with Gasteiger partial charge in [-0.15, -0.1) is 10.2 Å². The monoisotopic (exact) mass is 392 g/mol. The van der Waals surface area contributed by atoms with E-state index < -0.39 is 0 Å². The zero-order valence-electron chi connectivity index (χ0n) is 15.8. The Bertz CT molecular complexity index is 991. The molecule has 8 heteroatoms. The van der Waals surface area contributed by atoms with Gasteiger partial charge < -0.3 is 24.8 Å². The Morgan fingerprint density at radius 3 is 2.66 bits per heavy atom. The summed E-state index contributed by atoms with van der Waals surface area (Å²) in [6.45, 7) is 2.82. The van der Waals surface area contributed by atoms with Crippen molar-refractivity contribution in [1.29, 1.82) is 0 Å². The van der Waals surface area contributed by atoms with E-state index in [-0.39, 0.29) is 19.4 Å². The van der Waals surface area contributed by atoms with E-state index in [1.807, 2.05) is 37.3 Å². The molecule has 8 nitrogen and oxygen atoms in total. The van der Waals surface area contributed by atoms with Gasteiger partial charge in [0, 0.05) is 23.4 Å². The van der Waals surface area contributed by atoms with Crippen LogP contribution in [0.25, 0.3) is 11.3 Å². The van der Waals surface area contributed by atoms with Crippen molar-refractivity contribution >= 4 is 11.7 Å². The van der Waals surface area contributed by atoms with E-state index >= 15 is 0 Å². The third-order valence-electron chi connectivity index (χ3n) is 4.26. The zero-order chi connectivity index (χ0) is 20.1. The molecule has 0 saturated heterocycles. The van der Waals surface area contributed by atoms with Gasteiger partial charge in [-0.25, -0.2) is 4.79 Å². The minimum Gasteiger partial charge on any atom is -0.475 e. The Morgan fingerprint density at radius 2 is 1.86 bits per heavy atom. The number of hydrogen-bond donors (Lipinski definition) is 2. The van der Waals surface area contributed by atoms with Gasteiger partial charge in [-0.1, -0.05) is 29.8 Å². The molecule has 2 heterocycles. The van der Waals surface area contributed by atoms with Gasteiger partial charge in [0.1, 0.15) is 6.61 Å². The molecule has 1 aliphatic rings. The second kappa shape index (κ2) is 8.47. The van der Waals surface area contributed by atoms with Crippen LogP contribution in [0.4, 0.5) is 10.5 Å². The van der Waals surface area contributed by atoms with Gasteiger partial charge in [-0.05, 0) is 25.1 Å². The molecule has 2 amide bonds. The number of nitrogens with zero attached hydrogens (tertiary/aromatic N) is 2. The molecule has 0 radical (unpaired) electrons. The van der Waals surface area contributed by atoms with Gasteiger partial charge in [-0.2, -0.15) is 0 Å². The summed E-state index contributed by atoms with van der Waals surface area (Å²) < 4.78 is 16.0. The molecule has 1 aromatic heterocycles. The van der Waals surface area contributed by atoms with Crippen LogP contribution in [0.15, 0.2) is 54.6 Å². The first-order valence-electron chi connectivity index (χ1n) is 9.15. The van der Waals surface area contributed by atoms with Crippen molar-refractivity contribution in [3.63, 3.8) is 0 Å². The normalized spacial score (nSPS) is 11.8. The molecule has 0 atom stereocenters. The van der Waals surface area contributed by atoms with Crippen molar-refractivity contribution in [2.45, 2.75) is 6.92 Å². The number of anilines is 1. The van der Waals surface area contributed by atoms with Crippen LogP contribution in [-0.4, -0.2) is 36.2 Å². The van der Waals surface area contributed by atoms with E-state index in [0.717, 1.165) is 11.3 Å². The summed E-state index contributed by atoms with van der Waals surface area (Å²) in [5, 5.41) is 13.7. The standard InChI is InChI=1S/C21H20N4O4/c1-14-2-4-15(5-3-14)17-7-9-20(25-24-17)27-11-10-22-21(26)23-16-6-8-18-19(12-16)29-13-28-18/h2-9,12H,10-11,13H2,1H3,(H2,22,23,26). The number of fused-ring (bicyclic) bond motifs is 1. The van der Waals surface area contributed by atoms with Crippen LogP contribution in [-0.2, 0) is 0 Å². The maximum Gasteiger partial charge on any atom is 0.319 e. The van der Waals surface area contributed by atoms with Crippen molar-refractivity contribution in [1.82, 2.24) is 15.5 Å². The Kier molecular flexibility index (Phi) is 5.42. The minimum atomic E-state index is -0.340. The Balaban J connectivity index is 1.21. The van der Waals surface area contributed by atoms with Crippen LogP contribution in [0.1, 0.15) is 5.56 Å². The number of carbonyl (C=O) groups excluding carboxylic acids is 1. The summed E-state index contributed by atoms with van der Waals surface area (Å²) in [6, 6.07) is 16.5. The highest BCUT2D eigenvalue weighted by molar-refractivity contribution is 5.89. The van der Waals surface area contributed by atoms with Crippen molar-refractivity contribution in [3.05, 3.63) is 60.2 Å². The van der Waals surface area contributed by atoms with E-state index in [0.29, 0.717) is 29.6 Å². The largest absolute Gasteiger partial charge is 0.475 e. The smallest absolute Gasteiger partial charge is 0.319 e.